The number of H-pyrrole nitrogens is 1. The van der Waals surface area contributed by atoms with E-state index in [9.17, 15) is 27.2 Å². The highest BCUT2D eigenvalue weighted by Gasteiger charge is 2.44. The lowest BCUT2D eigenvalue weighted by Gasteiger charge is -2.37. The summed E-state index contributed by atoms with van der Waals surface area (Å²) < 4.78 is 62.0. The number of halogens is 4. The van der Waals surface area contributed by atoms with Gasteiger partial charge in [-0.05, 0) is 36.6 Å². The summed E-state index contributed by atoms with van der Waals surface area (Å²) in [7, 11) is 1.18. The molecule has 9 heteroatoms. The molecule has 0 bridgehead atoms. The topological polar surface area (TPSA) is 85.2 Å². The molecule has 32 heavy (non-hydrogen) atoms. The molecule has 2 aromatic carbocycles. The van der Waals surface area contributed by atoms with E-state index in [0.29, 0.717) is 0 Å². The first-order valence-corrected chi connectivity index (χ1v) is 9.98. The molecule has 1 fully saturated rings. The van der Waals surface area contributed by atoms with Crippen LogP contribution in [0.4, 0.5) is 17.6 Å². The number of amides is 1. The lowest BCUT2D eigenvalue weighted by Crippen LogP contribution is -2.31. The highest BCUT2D eigenvalue weighted by Crippen LogP contribution is 2.51. The van der Waals surface area contributed by atoms with Gasteiger partial charge in [0, 0.05) is 47.0 Å². The van der Waals surface area contributed by atoms with Crippen LogP contribution in [-0.4, -0.2) is 23.9 Å². The maximum atomic E-state index is 14.4. The predicted octanol–water partition coefficient (Wildman–Crippen LogP) is 4.60. The largest absolute Gasteiger partial charge is 0.493 e. The molecular weight excluding hydrogens is 428 g/mol. The zero-order valence-electron chi connectivity index (χ0n) is 17.1. The molecule has 1 saturated carbocycles. The molecular formula is C23H20F4N2O3. The number of aromatic amines is 1. The van der Waals surface area contributed by atoms with Crippen LogP contribution in [0, 0.1) is 11.6 Å². The van der Waals surface area contributed by atoms with E-state index >= 15 is 0 Å². The molecule has 0 aliphatic heterocycles. The van der Waals surface area contributed by atoms with Crippen LogP contribution >= 0.6 is 0 Å². The number of rotatable bonds is 4. The predicted molar refractivity (Wildman–Crippen MR) is 110 cm³/mol. The summed E-state index contributed by atoms with van der Waals surface area (Å²) in [6, 6.07) is 7.71. The third kappa shape index (κ3) is 3.83. The van der Waals surface area contributed by atoms with Crippen LogP contribution in [0.3, 0.4) is 0 Å². The van der Waals surface area contributed by atoms with Crippen molar-refractivity contribution in [3.05, 3.63) is 75.1 Å². The number of hydrogen-bond donors (Lipinski definition) is 2. The van der Waals surface area contributed by atoms with Gasteiger partial charge in [0.15, 0.2) is 17.0 Å². The summed E-state index contributed by atoms with van der Waals surface area (Å²) in [5.74, 6) is -7.93. The number of nitrogens with two attached hydrogens (primary N) is 1. The van der Waals surface area contributed by atoms with Gasteiger partial charge in [-0.1, -0.05) is 6.07 Å². The summed E-state index contributed by atoms with van der Waals surface area (Å²) in [6.45, 7) is 0. The highest BCUT2D eigenvalue weighted by molar-refractivity contribution is 5.96. The van der Waals surface area contributed by atoms with Gasteiger partial charge in [-0.2, -0.15) is 4.39 Å². The fourth-order valence-corrected chi connectivity index (χ4v) is 4.51. The van der Waals surface area contributed by atoms with Crippen LogP contribution in [0.2, 0.25) is 0 Å². The monoisotopic (exact) mass is 448 g/mol. The Labute approximate surface area is 180 Å². The number of alkyl halides is 2. The molecule has 0 saturated heterocycles. The second kappa shape index (κ2) is 7.96. The first kappa shape index (κ1) is 21.9. The third-order valence-electron chi connectivity index (χ3n) is 6.04. The Morgan fingerprint density at radius 2 is 1.91 bits per heavy atom. The minimum absolute atomic E-state index is 0.0273. The smallest absolute Gasteiger partial charge is 0.248 e. The molecule has 0 spiro atoms. The van der Waals surface area contributed by atoms with Crippen molar-refractivity contribution >= 4 is 16.8 Å². The normalized spacial score (nSPS) is 20.3. The minimum atomic E-state index is -3.01. The van der Waals surface area contributed by atoms with Crippen molar-refractivity contribution in [3.63, 3.8) is 0 Å². The molecule has 4 rings (SSSR count). The van der Waals surface area contributed by atoms with E-state index in [4.69, 9.17) is 10.5 Å². The zero-order chi connectivity index (χ0) is 23.2. The van der Waals surface area contributed by atoms with Crippen molar-refractivity contribution < 1.29 is 27.1 Å². The molecule has 1 unspecified atom stereocenters. The Bertz CT molecular complexity index is 1270. The Kier molecular flexibility index (Phi) is 5.44. The maximum Gasteiger partial charge on any atom is 0.248 e. The molecule has 3 N–H and O–H groups in total. The van der Waals surface area contributed by atoms with E-state index in [1.54, 1.807) is 0 Å². The summed E-state index contributed by atoms with van der Waals surface area (Å²) in [6.07, 6.45) is -1.07. The molecule has 1 aromatic heterocycles. The van der Waals surface area contributed by atoms with Gasteiger partial charge in [-0.15, -0.1) is 0 Å². The van der Waals surface area contributed by atoms with Gasteiger partial charge in [0.25, 0.3) is 0 Å². The number of methoxy groups -OCH3 is 1. The second-order valence-electron chi connectivity index (χ2n) is 8.01. The molecule has 5 nitrogen and oxygen atoms in total. The molecule has 1 aliphatic carbocycles. The van der Waals surface area contributed by atoms with Gasteiger partial charge in [0.2, 0.25) is 17.6 Å². The average molecular weight is 448 g/mol. The number of nitrogens with one attached hydrogen (secondary N) is 1. The van der Waals surface area contributed by atoms with Crippen LogP contribution in [0.5, 0.6) is 5.75 Å². The van der Waals surface area contributed by atoms with Crippen LogP contribution in [0.25, 0.3) is 10.9 Å². The second-order valence-corrected chi connectivity index (χ2v) is 8.01. The number of primary amides is 1. The third-order valence-corrected chi connectivity index (χ3v) is 6.04. The number of carbonyl (C=O) groups is 1. The number of aromatic nitrogens is 1. The average Bonchev–Trinajstić information content (AvgIpc) is 2.74. The van der Waals surface area contributed by atoms with Crippen LogP contribution in [0.1, 0.15) is 52.7 Å². The quantitative estimate of drug-likeness (QED) is 0.572. The molecule has 1 amide bonds. The summed E-state index contributed by atoms with van der Waals surface area (Å²) in [5.41, 5.74) is 5.76. The van der Waals surface area contributed by atoms with Gasteiger partial charge in [-0.25, -0.2) is 13.2 Å². The number of benzene rings is 2. The number of carbonyl (C=O) groups excluding carboxylic acids is 1. The lowest BCUT2D eigenvalue weighted by atomic mass is 9.72. The van der Waals surface area contributed by atoms with Crippen molar-refractivity contribution in [1.29, 1.82) is 0 Å². The van der Waals surface area contributed by atoms with E-state index < -0.39 is 53.6 Å². The van der Waals surface area contributed by atoms with Gasteiger partial charge < -0.3 is 15.5 Å². The molecule has 1 heterocycles. The van der Waals surface area contributed by atoms with Crippen LogP contribution in [-0.2, 0) is 0 Å². The molecule has 2 atom stereocenters. The van der Waals surface area contributed by atoms with E-state index in [1.165, 1.54) is 37.4 Å². The number of fused-ring (bicyclic) bond motifs is 1. The highest BCUT2D eigenvalue weighted by atomic mass is 19.3. The van der Waals surface area contributed by atoms with Crippen molar-refractivity contribution in [2.75, 3.05) is 7.11 Å². The van der Waals surface area contributed by atoms with Crippen molar-refractivity contribution in [2.45, 2.75) is 37.0 Å². The van der Waals surface area contributed by atoms with Gasteiger partial charge in [0.1, 0.15) is 0 Å². The summed E-state index contributed by atoms with van der Waals surface area (Å²) >= 11 is 0. The lowest BCUT2D eigenvalue weighted by molar-refractivity contribution is -0.0466. The SMILES string of the molecule is COc1c([C@@H]2CCC(F)(F)CC2c2cc(=O)c3ccc(C(N)=O)cc3[nH]2)ccc(F)c1F. The Morgan fingerprint density at radius 1 is 1.16 bits per heavy atom. The first-order valence-electron chi connectivity index (χ1n) is 9.98. The minimum Gasteiger partial charge on any atom is -0.493 e. The molecule has 1 aliphatic rings. The van der Waals surface area contributed by atoms with Crippen molar-refractivity contribution in [1.82, 2.24) is 4.98 Å². The van der Waals surface area contributed by atoms with Gasteiger partial charge in [-0.3, -0.25) is 9.59 Å². The Hall–Kier alpha value is -3.36. The first-order chi connectivity index (χ1) is 15.1. The van der Waals surface area contributed by atoms with E-state index in [1.807, 2.05) is 0 Å². The zero-order valence-corrected chi connectivity index (χ0v) is 17.1. The van der Waals surface area contributed by atoms with E-state index in [-0.39, 0.29) is 39.9 Å². The van der Waals surface area contributed by atoms with E-state index in [2.05, 4.69) is 4.98 Å². The summed E-state index contributed by atoms with van der Waals surface area (Å²) in [5, 5.41) is 0.267. The molecule has 3 aromatic rings. The number of pyridine rings is 1. The van der Waals surface area contributed by atoms with Gasteiger partial charge >= 0.3 is 0 Å². The molecule has 0 radical (unpaired) electrons. The number of hydrogen-bond acceptors (Lipinski definition) is 3. The summed E-state index contributed by atoms with van der Waals surface area (Å²) in [4.78, 5) is 27.2. The van der Waals surface area contributed by atoms with Crippen LogP contribution < -0.4 is 15.9 Å². The van der Waals surface area contributed by atoms with Gasteiger partial charge in [0.05, 0.1) is 12.6 Å². The Morgan fingerprint density at radius 3 is 2.59 bits per heavy atom. The Balaban J connectivity index is 1.88. The van der Waals surface area contributed by atoms with E-state index in [0.717, 1.165) is 6.07 Å². The van der Waals surface area contributed by atoms with Crippen molar-refractivity contribution in [3.8, 4) is 5.75 Å². The standard InChI is InChI=1S/C23H20F4N2O3/c1-32-21-13(4-5-16(24)20(21)25)12-6-7-23(26,27)10-15(12)18-9-19(30)14-3-2-11(22(28)31)8-17(14)29-18/h2-5,8-9,12,15H,6-7,10H2,1H3,(H2,28,31)(H,29,30)/t12-,15?/m0/s1. The van der Waals surface area contributed by atoms with Crippen molar-refractivity contribution in [2.24, 2.45) is 5.73 Å². The number of ether oxygens (including phenoxy) is 1. The van der Waals surface area contributed by atoms with Crippen LogP contribution in [0.15, 0.2) is 41.2 Å². The maximum absolute atomic E-state index is 14.4. The fourth-order valence-electron chi connectivity index (χ4n) is 4.51. The fraction of sp³-hybridized carbons (Fsp3) is 0.304. The molecule has 168 valence electrons.